The highest BCUT2D eigenvalue weighted by Crippen LogP contribution is 2.39. The number of carboxylic acids is 1. The maximum atomic E-state index is 12.1. The predicted molar refractivity (Wildman–Crippen MR) is 94.7 cm³/mol. The SMILES string of the molecule is CCCC1CCC(c2ccc(C(=O)O)c(N3C(=O)CCC3=O)c2)CC1. The van der Waals surface area contributed by atoms with Crippen LogP contribution in [-0.4, -0.2) is 22.9 Å². The van der Waals surface area contributed by atoms with Crippen molar-refractivity contribution in [2.24, 2.45) is 5.92 Å². The average molecular weight is 343 g/mol. The molecular formula is C20H25NO4. The fourth-order valence-corrected chi connectivity index (χ4v) is 4.21. The topological polar surface area (TPSA) is 74.7 Å². The number of hydrogen-bond acceptors (Lipinski definition) is 3. The third kappa shape index (κ3) is 3.60. The number of carbonyl (C=O) groups excluding carboxylic acids is 2. The molecule has 0 radical (unpaired) electrons. The Morgan fingerprint density at radius 2 is 1.76 bits per heavy atom. The number of carboxylic acid groups (broad SMARTS) is 1. The van der Waals surface area contributed by atoms with Crippen molar-refractivity contribution in [2.75, 3.05) is 4.90 Å². The van der Waals surface area contributed by atoms with Crippen LogP contribution in [0.25, 0.3) is 0 Å². The second-order valence-corrected chi connectivity index (χ2v) is 7.21. The van der Waals surface area contributed by atoms with Gasteiger partial charge in [-0.15, -0.1) is 0 Å². The lowest BCUT2D eigenvalue weighted by Gasteiger charge is -2.29. The minimum absolute atomic E-state index is 0.0204. The number of hydrogen-bond donors (Lipinski definition) is 1. The van der Waals surface area contributed by atoms with E-state index in [1.807, 2.05) is 6.07 Å². The summed E-state index contributed by atoms with van der Waals surface area (Å²) < 4.78 is 0. The van der Waals surface area contributed by atoms with Gasteiger partial charge >= 0.3 is 5.97 Å². The van der Waals surface area contributed by atoms with Gasteiger partial charge in [0, 0.05) is 12.8 Å². The first-order valence-corrected chi connectivity index (χ1v) is 9.24. The van der Waals surface area contributed by atoms with E-state index >= 15 is 0 Å². The lowest BCUT2D eigenvalue weighted by molar-refractivity contribution is -0.121. The zero-order valence-corrected chi connectivity index (χ0v) is 14.7. The number of nitrogens with zero attached hydrogens (tertiary/aromatic N) is 1. The Morgan fingerprint density at radius 1 is 1.12 bits per heavy atom. The molecule has 1 aliphatic carbocycles. The third-order valence-electron chi connectivity index (χ3n) is 5.56. The van der Waals surface area contributed by atoms with Gasteiger partial charge in [-0.25, -0.2) is 9.69 Å². The van der Waals surface area contributed by atoms with E-state index in [4.69, 9.17) is 0 Å². The van der Waals surface area contributed by atoms with E-state index in [2.05, 4.69) is 6.92 Å². The van der Waals surface area contributed by atoms with Crippen molar-refractivity contribution < 1.29 is 19.5 Å². The van der Waals surface area contributed by atoms with Gasteiger partial charge in [-0.1, -0.05) is 25.8 Å². The van der Waals surface area contributed by atoms with E-state index in [0.717, 1.165) is 29.2 Å². The summed E-state index contributed by atoms with van der Waals surface area (Å²) in [5, 5.41) is 9.44. The van der Waals surface area contributed by atoms with Crippen molar-refractivity contribution in [3.63, 3.8) is 0 Å². The van der Waals surface area contributed by atoms with Crippen LogP contribution in [0.1, 0.15) is 80.1 Å². The van der Waals surface area contributed by atoms with Crippen molar-refractivity contribution in [3.8, 4) is 0 Å². The summed E-state index contributed by atoms with van der Waals surface area (Å²) in [7, 11) is 0. The molecule has 1 saturated carbocycles. The fourth-order valence-electron chi connectivity index (χ4n) is 4.21. The summed E-state index contributed by atoms with van der Waals surface area (Å²) in [5.41, 5.74) is 1.31. The Morgan fingerprint density at radius 3 is 2.32 bits per heavy atom. The third-order valence-corrected chi connectivity index (χ3v) is 5.56. The summed E-state index contributed by atoms with van der Waals surface area (Å²) in [4.78, 5) is 36.8. The second-order valence-electron chi connectivity index (χ2n) is 7.21. The van der Waals surface area contributed by atoms with Crippen molar-refractivity contribution in [1.82, 2.24) is 0 Å². The van der Waals surface area contributed by atoms with Crippen LogP contribution >= 0.6 is 0 Å². The van der Waals surface area contributed by atoms with E-state index in [0.29, 0.717) is 5.92 Å². The fraction of sp³-hybridized carbons (Fsp3) is 0.550. The van der Waals surface area contributed by atoms with Crippen LogP contribution < -0.4 is 4.90 Å². The number of amides is 2. The minimum Gasteiger partial charge on any atom is -0.478 e. The lowest BCUT2D eigenvalue weighted by Crippen LogP contribution is -2.30. The van der Waals surface area contributed by atoms with Gasteiger partial charge in [0.25, 0.3) is 0 Å². The molecule has 5 nitrogen and oxygen atoms in total. The van der Waals surface area contributed by atoms with Crippen LogP contribution in [-0.2, 0) is 9.59 Å². The standard InChI is InChI=1S/C20H25NO4/c1-2-3-13-4-6-14(7-5-13)15-8-9-16(20(24)25)17(12-15)21-18(22)10-11-19(21)23/h8-9,12-14H,2-7,10-11H2,1H3,(H,24,25). The van der Waals surface area contributed by atoms with Gasteiger partial charge < -0.3 is 5.11 Å². The van der Waals surface area contributed by atoms with E-state index in [1.54, 1.807) is 12.1 Å². The van der Waals surface area contributed by atoms with Crippen LogP contribution in [0.3, 0.4) is 0 Å². The van der Waals surface area contributed by atoms with Gasteiger partial charge in [-0.05, 0) is 55.2 Å². The number of imide groups is 1. The number of benzene rings is 1. The maximum Gasteiger partial charge on any atom is 0.337 e. The predicted octanol–water partition coefficient (Wildman–Crippen LogP) is 4.11. The lowest BCUT2D eigenvalue weighted by atomic mass is 9.77. The molecule has 1 aromatic rings. The largest absolute Gasteiger partial charge is 0.478 e. The van der Waals surface area contributed by atoms with E-state index < -0.39 is 5.97 Å². The molecular weight excluding hydrogens is 318 g/mol. The Kier molecular flexibility index (Phi) is 5.21. The van der Waals surface area contributed by atoms with E-state index in [1.165, 1.54) is 25.7 Å². The van der Waals surface area contributed by atoms with Gasteiger partial charge in [0.2, 0.25) is 11.8 Å². The zero-order valence-electron chi connectivity index (χ0n) is 14.7. The van der Waals surface area contributed by atoms with Crippen LogP contribution in [0, 0.1) is 5.92 Å². The molecule has 1 aliphatic heterocycles. The Balaban J connectivity index is 1.87. The quantitative estimate of drug-likeness (QED) is 0.816. The van der Waals surface area contributed by atoms with Crippen molar-refractivity contribution in [1.29, 1.82) is 0 Å². The van der Waals surface area contributed by atoms with E-state index in [9.17, 15) is 19.5 Å². The molecule has 0 aromatic heterocycles. The minimum atomic E-state index is -1.11. The molecule has 3 rings (SSSR count). The molecule has 2 fully saturated rings. The molecule has 1 heterocycles. The second kappa shape index (κ2) is 7.38. The smallest absolute Gasteiger partial charge is 0.337 e. The molecule has 0 atom stereocenters. The summed E-state index contributed by atoms with van der Waals surface area (Å²) in [6.07, 6.45) is 7.34. The molecule has 1 saturated heterocycles. The molecule has 1 N–H and O–H groups in total. The summed E-state index contributed by atoms with van der Waals surface area (Å²) in [6, 6.07) is 5.15. The molecule has 134 valence electrons. The summed E-state index contributed by atoms with van der Waals surface area (Å²) in [6.45, 7) is 2.22. The summed E-state index contributed by atoms with van der Waals surface area (Å²) in [5.74, 6) is -0.559. The first kappa shape index (κ1) is 17.6. The van der Waals surface area contributed by atoms with Gasteiger partial charge in [0.1, 0.15) is 0 Å². The van der Waals surface area contributed by atoms with Crippen molar-refractivity contribution in [3.05, 3.63) is 29.3 Å². The molecule has 1 aromatic carbocycles. The normalized spacial score (nSPS) is 24.0. The van der Waals surface area contributed by atoms with Crippen LogP contribution in [0.2, 0.25) is 0 Å². The number of carbonyl (C=O) groups is 3. The van der Waals surface area contributed by atoms with Crippen molar-refractivity contribution in [2.45, 2.75) is 64.2 Å². The summed E-state index contributed by atoms with van der Waals surface area (Å²) >= 11 is 0. The molecule has 2 amide bonds. The van der Waals surface area contributed by atoms with Gasteiger partial charge in [-0.2, -0.15) is 0 Å². The molecule has 0 spiro atoms. The van der Waals surface area contributed by atoms with E-state index in [-0.39, 0.29) is 35.9 Å². The van der Waals surface area contributed by atoms with Crippen molar-refractivity contribution >= 4 is 23.5 Å². The van der Waals surface area contributed by atoms with Crippen LogP contribution in [0.15, 0.2) is 18.2 Å². The Hall–Kier alpha value is -2.17. The van der Waals surface area contributed by atoms with Gasteiger partial charge in [0.15, 0.2) is 0 Å². The van der Waals surface area contributed by atoms with Gasteiger partial charge in [-0.3, -0.25) is 9.59 Å². The molecule has 5 heteroatoms. The number of anilines is 1. The molecule has 2 aliphatic rings. The first-order valence-electron chi connectivity index (χ1n) is 9.24. The van der Waals surface area contributed by atoms with Crippen LogP contribution in [0.5, 0.6) is 0 Å². The maximum absolute atomic E-state index is 12.1. The highest BCUT2D eigenvalue weighted by Gasteiger charge is 2.34. The molecule has 25 heavy (non-hydrogen) atoms. The first-order chi connectivity index (χ1) is 12.0. The highest BCUT2D eigenvalue weighted by atomic mass is 16.4. The Labute approximate surface area is 148 Å². The molecule has 0 unspecified atom stereocenters. The monoisotopic (exact) mass is 343 g/mol. The zero-order chi connectivity index (χ0) is 18.0. The number of aromatic carboxylic acids is 1. The number of rotatable bonds is 5. The highest BCUT2D eigenvalue weighted by molar-refractivity contribution is 6.21. The Bertz CT molecular complexity index is 673. The average Bonchev–Trinajstić information content (AvgIpc) is 2.94. The molecule has 0 bridgehead atoms. The van der Waals surface area contributed by atoms with Crippen LogP contribution in [0.4, 0.5) is 5.69 Å². The van der Waals surface area contributed by atoms with Gasteiger partial charge in [0.05, 0.1) is 11.3 Å².